The molecule has 0 aliphatic heterocycles. The Morgan fingerprint density at radius 1 is 1.69 bits per heavy atom. The maximum Gasteiger partial charge on any atom is 0.325 e. The van der Waals surface area contributed by atoms with Gasteiger partial charge in [0.2, 0.25) is 0 Å². The van der Waals surface area contributed by atoms with E-state index in [1.807, 2.05) is 0 Å². The van der Waals surface area contributed by atoms with Gasteiger partial charge in [0, 0.05) is 18.3 Å². The molecule has 0 aliphatic carbocycles. The van der Waals surface area contributed by atoms with E-state index >= 15 is 0 Å². The van der Waals surface area contributed by atoms with E-state index in [2.05, 4.69) is 10.3 Å². The van der Waals surface area contributed by atoms with Crippen molar-refractivity contribution in [3.8, 4) is 0 Å². The van der Waals surface area contributed by atoms with Crippen LogP contribution in [0.4, 0.5) is 5.82 Å². The number of ether oxygens (including phenoxy) is 1. The van der Waals surface area contributed by atoms with Gasteiger partial charge in [-0.05, 0) is 6.92 Å². The molecular formula is C10H14BN3O2. The van der Waals surface area contributed by atoms with Gasteiger partial charge >= 0.3 is 5.97 Å². The number of nitrogens with two attached hydrogens (primary N) is 1. The van der Waals surface area contributed by atoms with Crippen LogP contribution in [0.1, 0.15) is 12.5 Å². The number of anilines is 1. The number of hydrogen-bond donors (Lipinski definition) is 2. The molecule has 1 aromatic heterocycles. The van der Waals surface area contributed by atoms with Crippen LogP contribution in [-0.2, 0) is 16.1 Å². The minimum Gasteiger partial charge on any atom is -0.465 e. The molecule has 0 amide bonds. The quantitative estimate of drug-likeness (QED) is 0.506. The molecule has 0 saturated heterocycles. The van der Waals surface area contributed by atoms with Crippen molar-refractivity contribution in [1.82, 2.24) is 4.98 Å². The molecule has 0 saturated carbocycles. The van der Waals surface area contributed by atoms with E-state index in [9.17, 15) is 4.79 Å². The maximum absolute atomic E-state index is 11.1. The minimum absolute atomic E-state index is 0.0672. The lowest BCUT2D eigenvalue weighted by Gasteiger charge is -2.09. The van der Waals surface area contributed by atoms with Crippen molar-refractivity contribution >= 4 is 25.1 Å². The normalized spacial score (nSPS) is 9.88. The third-order valence-electron chi connectivity index (χ3n) is 1.91. The second kappa shape index (κ2) is 6.12. The van der Waals surface area contributed by atoms with Crippen molar-refractivity contribution in [2.45, 2.75) is 13.5 Å². The molecule has 1 heterocycles. The van der Waals surface area contributed by atoms with Crippen molar-refractivity contribution in [3.05, 3.63) is 17.8 Å². The first kappa shape index (κ1) is 12.5. The zero-order chi connectivity index (χ0) is 12.0. The summed E-state index contributed by atoms with van der Waals surface area (Å²) in [4.78, 5) is 15.2. The van der Waals surface area contributed by atoms with Crippen molar-refractivity contribution in [1.29, 1.82) is 0 Å². The van der Waals surface area contributed by atoms with Crippen molar-refractivity contribution in [3.63, 3.8) is 0 Å². The molecule has 6 heteroatoms. The Kier molecular flexibility index (Phi) is 4.79. The van der Waals surface area contributed by atoms with Gasteiger partial charge in [-0.25, -0.2) is 4.98 Å². The number of carbonyl (C=O) groups excluding carboxylic acids is 1. The van der Waals surface area contributed by atoms with Crippen molar-refractivity contribution in [2.24, 2.45) is 5.73 Å². The molecule has 0 bridgehead atoms. The first-order valence-electron chi connectivity index (χ1n) is 5.01. The largest absolute Gasteiger partial charge is 0.465 e. The van der Waals surface area contributed by atoms with Crippen molar-refractivity contribution in [2.75, 3.05) is 18.5 Å². The van der Waals surface area contributed by atoms with Crippen LogP contribution in [0.3, 0.4) is 0 Å². The van der Waals surface area contributed by atoms with E-state index < -0.39 is 0 Å². The van der Waals surface area contributed by atoms with Crippen LogP contribution < -0.4 is 16.5 Å². The second-order valence-corrected chi connectivity index (χ2v) is 3.14. The fourth-order valence-corrected chi connectivity index (χ4v) is 1.21. The Balaban J connectivity index is 2.63. The van der Waals surface area contributed by atoms with Crippen LogP contribution in [0, 0.1) is 0 Å². The van der Waals surface area contributed by atoms with Gasteiger partial charge in [-0.3, -0.25) is 4.79 Å². The highest BCUT2D eigenvalue weighted by atomic mass is 16.5. The SMILES string of the molecule is [B]c1cnc(NCC(=O)OCC)c(CN)c1. The van der Waals surface area contributed by atoms with Crippen LogP contribution in [0.5, 0.6) is 0 Å². The van der Waals surface area contributed by atoms with Crippen LogP contribution in [0.25, 0.3) is 0 Å². The van der Waals surface area contributed by atoms with Gasteiger partial charge in [-0.15, -0.1) is 0 Å². The highest BCUT2D eigenvalue weighted by molar-refractivity contribution is 6.32. The van der Waals surface area contributed by atoms with E-state index in [1.165, 1.54) is 6.20 Å². The topological polar surface area (TPSA) is 77.2 Å². The van der Waals surface area contributed by atoms with Gasteiger partial charge in [0.1, 0.15) is 20.2 Å². The second-order valence-electron chi connectivity index (χ2n) is 3.14. The molecule has 1 aromatic rings. The van der Waals surface area contributed by atoms with Crippen LogP contribution in [-0.4, -0.2) is 32.0 Å². The number of nitrogens with zero attached hydrogens (tertiary/aromatic N) is 1. The summed E-state index contributed by atoms with van der Waals surface area (Å²) in [5.41, 5.74) is 6.84. The Morgan fingerprint density at radius 2 is 2.44 bits per heavy atom. The lowest BCUT2D eigenvalue weighted by Crippen LogP contribution is -2.20. The lowest BCUT2D eigenvalue weighted by molar-refractivity contribution is -0.140. The third kappa shape index (κ3) is 3.54. The number of nitrogens with one attached hydrogen (secondary N) is 1. The Labute approximate surface area is 95.8 Å². The predicted octanol–water partition coefficient (Wildman–Crippen LogP) is -0.691. The Morgan fingerprint density at radius 3 is 3.06 bits per heavy atom. The molecule has 0 fully saturated rings. The summed E-state index contributed by atoms with van der Waals surface area (Å²) < 4.78 is 4.78. The molecule has 1 rings (SSSR count). The summed E-state index contributed by atoms with van der Waals surface area (Å²) in [5.74, 6) is 0.230. The van der Waals surface area contributed by atoms with Crippen molar-refractivity contribution < 1.29 is 9.53 Å². The van der Waals surface area contributed by atoms with E-state index in [0.29, 0.717) is 24.4 Å². The van der Waals surface area contributed by atoms with Crippen LogP contribution in [0.15, 0.2) is 12.3 Å². The molecule has 0 unspecified atom stereocenters. The summed E-state index contributed by atoms with van der Waals surface area (Å²) in [6, 6.07) is 1.72. The lowest BCUT2D eigenvalue weighted by atomic mass is 9.97. The van der Waals surface area contributed by atoms with Gasteiger partial charge in [-0.2, -0.15) is 0 Å². The highest BCUT2D eigenvalue weighted by Crippen LogP contribution is 2.08. The van der Waals surface area contributed by atoms with E-state index in [0.717, 1.165) is 5.56 Å². The summed E-state index contributed by atoms with van der Waals surface area (Å²) in [6.07, 6.45) is 1.51. The van der Waals surface area contributed by atoms with Gasteiger partial charge in [-0.1, -0.05) is 11.5 Å². The molecule has 0 aliphatic rings. The average molecular weight is 219 g/mol. The third-order valence-corrected chi connectivity index (χ3v) is 1.91. The smallest absolute Gasteiger partial charge is 0.325 e. The fourth-order valence-electron chi connectivity index (χ4n) is 1.21. The molecule has 0 aromatic carbocycles. The molecule has 5 nitrogen and oxygen atoms in total. The maximum atomic E-state index is 11.1. The van der Waals surface area contributed by atoms with Gasteiger partial charge in [0.25, 0.3) is 0 Å². The summed E-state index contributed by atoms with van der Waals surface area (Å²) in [5, 5.41) is 2.85. The van der Waals surface area contributed by atoms with Gasteiger partial charge < -0.3 is 15.8 Å². The zero-order valence-electron chi connectivity index (χ0n) is 9.19. The minimum atomic E-state index is -0.330. The molecule has 3 N–H and O–H groups in total. The van der Waals surface area contributed by atoms with E-state index in [-0.39, 0.29) is 12.5 Å². The molecule has 16 heavy (non-hydrogen) atoms. The zero-order valence-corrected chi connectivity index (χ0v) is 9.19. The standard InChI is InChI=1S/C10H14BN3O2/c1-2-16-9(15)6-14-10-7(4-12)3-8(11)5-13-10/h3,5H,2,4,6,12H2,1H3,(H,13,14). The summed E-state index contributed by atoms with van der Waals surface area (Å²) in [6.45, 7) is 2.49. The number of aromatic nitrogens is 1. The predicted molar refractivity (Wildman–Crippen MR) is 62.6 cm³/mol. The van der Waals surface area contributed by atoms with Gasteiger partial charge in [0.15, 0.2) is 0 Å². The number of rotatable bonds is 5. The van der Waals surface area contributed by atoms with Crippen LogP contribution >= 0.6 is 0 Å². The molecule has 0 atom stereocenters. The fraction of sp³-hybridized carbons (Fsp3) is 0.400. The van der Waals surface area contributed by atoms with E-state index in [4.69, 9.17) is 18.3 Å². The first-order chi connectivity index (χ1) is 7.67. The molecule has 2 radical (unpaired) electrons. The number of esters is 1. The number of hydrogen-bond acceptors (Lipinski definition) is 5. The Bertz CT molecular complexity index is 371. The summed E-state index contributed by atoms with van der Waals surface area (Å²) >= 11 is 0. The highest BCUT2D eigenvalue weighted by Gasteiger charge is 2.05. The number of carbonyl (C=O) groups is 1. The Hall–Kier alpha value is -1.56. The van der Waals surface area contributed by atoms with E-state index in [1.54, 1.807) is 13.0 Å². The number of pyridine rings is 1. The van der Waals surface area contributed by atoms with Crippen LogP contribution in [0.2, 0.25) is 0 Å². The molecule has 84 valence electrons. The summed E-state index contributed by atoms with van der Waals surface area (Å²) in [7, 11) is 5.57. The van der Waals surface area contributed by atoms with Gasteiger partial charge in [0.05, 0.1) is 6.61 Å². The first-order valence-corrected chi connectivity index (χ1v) is 5.01. The molecular weight excluding hydrogens is 205 g/mol. The average Bonchev–Trinajstić information content (AvgIpc) is 2.27. The molecule has 0 spiro atoms. The monoisotopic (exact) mass is 219 g/mol.